The number of benzene rings is 3. The van der Waals surface area contributed by atoms with Crippen molar-refractivity contribution in [3.63, 3.8) is 0 Å². The van der Waals surface area contributed by atoms with Gasteiger partial charge >= 0.3 is 33.4 Å². The van der Waals surface area contributed by atoms with Gasteiger partial charge in [-0.05, 0) is 82.7 Å². The number of rotatable bonds is 26. The van der Waals surface area contributed by atoms with Gasteiger partial charge in [-0.2, -0.15) is 47.9 Å². The average Bonchev–Trinajstić information content (AvgIpc) is 3.17. The fourth-order valence-corrected chi connectivity index (χ4v) is 10.2. The van der Waals surface area contributed by atoms with Crippen LogP contribution in [0, 0.1) is 0 Å². The molecule has 0 N–H and O–H groups in total. The van der Waals surface area contributed by atoms with E-state index in [-0.39, 0.29) is 54.3 Å². The van der Waals surface area contributed by atoms with Gasteiger partial charge in [0, 0.05) is 36.0 Å². The van der Waals surface area contributed by atoms with E-state index in [4.69, 9.17) is 32.1 Å². The van der Waals surface area contributed by atoms with Crippen LogP contribution in [0.1, 0.15) is 16.7 Å². The van der Waals surface area contributed by atoms with Crippen LogP contribution in [0.4, 0.5) is 39.5 Å². The normalized spacial score (nSPS) is 13.6. The molecule has 57 heavy (non-hydrogen) atoms. The molecule has 322 valence electrons. The maximum atomic E-state index is 15.5. The molecular formula is C37H45F9O9S2. The molecule has 0 saturated carbocycles. The molecule has 0 amide bonds. The topological polar surface area (TPSA) is 98.8 Å². The minimum Gasteiger partial charge on any atom is -0.382 e. The third kappa shape index (κ3) is 11.8. The first-order valence-corrected chi connectivity index (χ1v) is 20.2. The van der Waals surface area contributed by atoms with Gasteiger partial charge in [-0.1, -0.05) is 36.4 Å². The Kier molecular flexibility index (Phi) is 18.1. The quantitative estimate of drug-likeness (QED) is 0.0584. The summed E-state index contributed by atoms with van der Waals surface area (Å²) in [6.45, 7) is 2.35. The number of ether oxygens (including phenoxy) is 6. The third-order valence-electron chi connectivity index (χ3n) is 8.29. The van der Waals surface area contributed by atoms with E-state index in [9.17, 15) is 39.2 Å². The van der Waals surface area contributed by atoms with Gasteiger partial charge in [-0.25, -0.2) is 3.63 Å². The predicted octanol–water partition coefficient (Wildman–Crippen LogP) is 8.27. The van der Waals surface area contributed by atoms with Gasteiger partial charge in [0.15, 0.2) is 0 Å². The molecule has 0 unspecified atom stereocenters. The van der Waals surface area contributed by atoms with E-state index < -0.39 is 43.7 Å². The Morgan fingerprint density at radius 2 is 0.737 bits per heavy atom. The van der Waals surface area contributed by atoms with Crippen LogP contribution in [0.25, 0.3) is 0 Å². The number of halogens is 9. The first-order chi connectivity index (χ1) is 26.8. The van der Waals surface area contributed by atoms with Crippen molar-refractivity contribution in [1.29, 1.82) is 0 Å². The molecule has 0 aliphatic heterocycles. The summed E-state index contributed by atoms with van der Waals surface area (Å²) in [7, 11) is -7.17. The molecule has 3 aromatic rings. The molecule has 3 aromatic carbocycles. The van der Waals surface area contributed by atoms with Crippen LogP contribution in [0.2, 0.25) is 0 Å². The highest BCUT2D eigenvalue weighted by Crippen LogP contribution is 2.71. The fraction of sp³-hybridized carbons (Fsp3) is 0.514. The number of alkyl halides is 9. The zero-order valence-corrected chi connectivity index (χ0v) is 32.9. The summed E-state index contributed by atoms with van der Waals surface area (Å²) < 4.78 is 191. The Morgan fingerprint density at radius 3 is 1.00 bits per heavy atom. The summed E-state index contributed by atoms with van der Waals surface area (Å²) in [5.74, 6) is -15.0. The second kappa shape index (κ2) is 21.3. The van der Waals surface area contributed by atoms with Gasteiger partial charge in [0.2, 0.25) is 0 Å². The highest BCUT2D eigenvalue weighted by atomic mass is 32.3. The average molecular weight is 869 g/mol. The second-order valence-corrected chi connectivity index (χ2v) is 16.7. The molecule has 0 aliphatic carbocycles. The summed E-state index contributed by atoms with van der Waals surface area (Å²) in [6, 6.07) is 16.3. The summed E-state index contributed by atoms with van der Waals surface area (Å²) in [4.78, 5) is -0.616. The maximum absolute atomic E-state index is 15.5. The Bertz CT molecular complexity index is 1600. The van der Waals surface area contributed by atoms with Crippen LogP contribution in [0.15, 0.2) is 87.5 Å². The molecule has 0 spiro atoms. The minimum atomic E-state index is -7.52. The van der Waals surface area contributed by atoms with Crippen molar-refractivity contribution in [1.82, 2.24) is 0 Å². The van der Waals surface area contributed by atoms with E-state index in [1.807, 2.05) is 0 Å². The van der Waals surface area contributed by atoms with Crippen molar-refractivity contribution in [3.05, 3.63) is 89.5 Å². The van der Waals surface area contributed by atoms with Crippen LogP contribution >= 0.6 is 10.3 Å². The molecular weight excluding hydrogens is 824 g/mol. The molecule has 3 rings (SSSR count). The lowest BCUT2D eigenvalue weighted by atomic mass is 10.1. The first-order valence-electron chi connectivity index (χ1n) is 17.3. The van der Waals surface area contributed by atoms with Crippen molar-refractivity contribution in [3.8, 4) is 0 Å². The van der Waals surface area contributed by atoms with E-state index >= 15 is 8.78 Å². The Labute approximate surface area is 327 Å². The minimum absolute atomic E-state index is 0.202. The van der Waals surface area contributed by atoms with Crippen molar-refractivity contribution < 1.29 is 80.0 Å². The van der Waals surface area contributed by atoms with Crippen LogP contribution in [-0.2, 0) is 61.4 Å². The lowest BCUT2D eigenvalue weighted by Crippen LogP contribution is -2.63. The van der Waals surface area contributed by atoms with E-state index in [0.29, 0.717) is 55.8 Å². The largest absolute Gasteiger partial charge is 0.460 e. The molecule has 0 heterocycles. The molecule has 0 fully saturated rings. The predicted molar refractivity (Wildman–Crippen MR) is 192 cm³/mol. The first kappa shape index (κ1) is 48.4. The highest BCUT2D eigenvalue weighted by Gasteiger charge is 2.86. The van der Waals surface area contributed by atoms with Gasteiger partial charge in [-0.3, -0.25) is 0 Å². The molecule has 0 bridgehead atoms. The zero-order chi connectivity index (χ0) is 42.4. The Morgan fingerprint density at radius 1 is 0.439 bits per heavy atom. The van der Waals surface area contributed by atoms with Crippen molar-refractivity contribution in [2.24, 2.45) is 0 Å². The summed E-state index contributed by atoms with van der Waals surface area (Å²) in [6.07, 6.45) is -6.38. The maximum Gasteiger partial charge on any atom is 0.460 e. The standard InChI is InChI=1S/C37H45F9O9S2/c1-49-22-25-52-19-16-28-4-10-31(11-5-28)56(32-12-6-29(7-13-32)17-20-53-26-23-50-2,33-14-8-30(9-15-33)18-21-54-27-24-51-3)55-57(47,48)37(45,46)35(40,41)34(38,39)36(42,43)44/h4-15H,16-27H2,1-3H3. The van der Waals surface area contributed by atoms with E-state index in [2.05, 4.69) is 0 Å². The lowest BCUT2D eigenvalue weighted by molar-refractivity contribution is -0.382. The third-order valence-corrected chi connectivity index (χ3v) is 13.5. The Hall–Kier alpha value is -2.95. The van der Waals surface area contributed by atoms with Gasteiger partial charge in [0.05, 0.1) is 59.5 Å². The van der Waals surface area contributed by atoms with E-state index in [0.717, 1.165) is 0 Å². The fourth-order valence-electron chi connectivity index (χ4n) is 5.07. The molecule has 20 heteroatoms. The molecule has 0 saturated heterocycles. The van der Waals surface area contributed by atoms with Crippen molar-refractivity contribution >= 4 is 20.4 Å². The summed E-state index contributed by atoms with van der Waals surface area (Å²) >= 11 is 0. The molecule has 9 nitrogen and oxygen atoms in total. The zero-order valence-electron chi connectivity index (χ0n) is 31.3. The molecule has 0 radical (unpaired) electrons. The van der Waals surface area contributed by atoms with Crippen LogP contribution in [-0.4, -0.2) is 112 Å². The van der Waals surface area contributed by atoms with Crippen LogP contribution in [0.5, 0.6) is 0 Å². The molecule has 0 aromatic heterocycles. The van der Waals surface area contributed by atoms with Gasteiger partial charge in [0.1, 0.15) is 0 Å². The van der Waals surface area contributed by atoms with Crippen LogP contribution < -0.4 is 0 Å². The van der Waals surface area contributed by atoms with Crippen molar-refractivity contribution in [2.45, 2.75) is 57.2 Å². The van der Waals surface area contributed by atoms with Crippen molar-refractivity contribution in [2.75, 3.05) is 80.8 Å². The smallest absolute Gasteiger partial charge is 0.382 e. The van der Waals surface area contributed by atoms with E-state index in [1.165, 1.54) is 94.1 Å². The van der Waals surface area contributed by atoms with Gasteiger partial charge in [-0.15, -0.1) is 0 Å². The number of methoxy groups -OCH3 is 3. The monoisotopic (exact) mass is 868 g/mol. The number of hydrogen-bond acceptors (Lipinski definition) is 9. The van der Waals surface area contributed by atoms with Gasteiger partial charge < -0.3 is 28.4 Å². The summed E-state index contributed by atoms with van der Waals surface area (Å²) in [5, 5.41) is -7.12. The SMILES string of the molecule is COCCOCCc1ccc(S(OS(=O)(=O)C(F)(F)C(F)(F)C(F)(F)C(F)(F)F)(c2ccc(CCOCCOC)cc2)c2ccc(CCOCCOC)cc2)cc1. The van der Waals surface area contributed by atoms with E-state index in [1.54, 1.807) is 0 Å². The molecule has 0 aliphatic rings. The second-order valence-electron chi connectivity index (χ2n) is 12.2. The Balaban J connectivity index is 2.25. The molecule has 0 atom stereocenters. The summed E-state index contributed by atoms with van der Waals surface area (Å²) in [5.41, 5.74) is 1.75. The van der Waals surface area contributed by atoms with Gasteiger partial charge in [0.25, 0.3) is 0 Å². The lowest BCUT2D eigenvalue weighted by Gasteiger charge is -2.41. The van der Waals surface area contributed by atoms with Crippen LogP contribution in [0.3, 0.4) is 0 Å². The number of hydrogen-bond donors (Lipinski definition) is 0. The highest BCUT2D eigenvalue weighted by molar-refractivity contribution is 8.33.